The molecule has 0 spiro atoms. The van der Waals surface area contributed by atoms with Crippen LogP contribution >= 0.6 is 11.6 Å². The van der Waals surface area contributed by atoms with Gasteiger partial charge in [0.05, 0.1) is 15.6 Å². The highest BCUT2D eigenvalue weighted by atomic mass is 35.5. The first-order chi connectivity index (χ1) is 10.0. The zero-order valence-electron chi connectivity index (χ0n) is 11.1. The average molecular weight is 306 g/mol. The standard InChI is InChI=1S/C14H12ClN3O3/c1-16-12-8-9(6-7-13(12)18(20)21)14(19)17-11-5-3-2-4-10(11)15/h2-8,16H,1H3,(H,17,19). The number of rotatable bonds is 4. The third-order valence-corrected chi connectivity index (χ3v) is 3.18. The molecule has 0 heterocycles. The third-order valence-electron chi connectivity index (χ3n) is 2.85. The monoisotopic (exact) mass is 305 g/mol. The van der Waals surface area contributed by atoms with E-state index in [1.54, 1.807) is 31.3 Å². The van der Waals surface area contributed by atoms with Crippen LogP contribution in [-0.2, 0) is 0 Å². The second-order valence-electron chi connectivity index (χ2n) is 4.17. The lowest BCUT2D eigenvalue weighted by molar-refractivity contribution is -0.383. The second-order valence-corrected chi connectivity index (χ2v) is 4.58. The van der Waals surface area contributed by atoms with Gasteiger partial charge in [-0.3, -0.25) is 14.9 Å². The Morgan fingerprint density at radius 1 is 1.19 bits per heavy atom. The van der Waals surface area contributed by atoms with E-state index in [1.807, 2.05) is 0 Å². The molecule has 0 fully saturated rings. The van der Waals surface area contributed by atoms with E-state index in [0.29, 0.717) is 16.3 Å². The fourth-order valence-corrected chi connectivity index (χ4v) is 1.98. The average Bonchev–Trinajstić information content (AvgIpc) is 2.48. The number of anilines is 2. The number of para-hydroxylation sites is 1. The molecule has 0 bridgehead atoms. The van der Waals surface area contributed by atoms with Crippen LogP contribution in [0.1, 0.15) is 10.4 Å². The van der Waals surface area contributed by atoms with Gasteiger partial charge in [0.25, 0.3) is 11.6 Å². The zero-order chi connectivity index (χ0) is 15.4. The first-order valence-corrected chi connectivity index (χ1v) is 6.43. The van der Waals surface area contributed by atoms with Crippen molar-refractivity contribution in [2.75, 3.05) is 17.7 Å². The van der Waals surface area contributed by atoms with Crippen molar-refractivity contribution >= 4 is 34.6 Å². The molecule has 2 aromatic rings. The molecule has 21 heavy (non-hydrogen) atoms. The van der Waals surface area contributed by atoms with E-state index in [0.717, 1.165) is 0 Å². The molecule has 0 unspecified atom stereocenters. The normalized spacial score (nSPS) is 10.0. The molecule has 0 aliphatic heterocycles. The molecule has 0 aromatic heterocycles. The molecule has 6 nitrogen and oxygen atoms in total. The van der Waals surface area contributed by atoms with Gasteiger partial charge in [-0.15, -0.1) is 0 Å². The summed E-state index contributed by atoms with van der Waals surface area (Å²) >= 11 is 5.96. The largest absolute Gasteiger partial charge is 0.383 e. The van der Waals surface area contributed by atoms with Crippen molar-refractivity contribution in [3.63, 3.8) is 0 Å². The SMILES string of the molecule is CNc1cc(C(=O)Nc2ccccc2Cl)ccc1[N+](=O)[O-]. The predicted molar refractivity (Wildman–Crippen MR) is 82.0 cm³/mol. The Balaban J connectivity index is 2.28. The van der Waals surface area contributed by atoms with Crippen molar-refractivity contribution in [3.05, 3.63) is 63.2 Å². The van der Waals surface area contributed by atoms with Gasteiger partial charge >= 0.3 is 0 Å². The van der Waals surface area contributed by atoms with Gasteiger partial charge in [0.1, 0.15) is 5.69 Å². The molecule has 0 saturated carbocycles. The number of halogens is 1. The number of nitro benzene ring substituents is 1. The molecule has 2 rings (SSSR count). The lowest BCUT2D eigenvalue weighted by atomic mass is 10.1. The van der Waals surface area contributed by atoms with E-state index < -0.39 is 10.8 Å². The summed E-state index contributed by atoms with van der Waals surface area (Å²) < 4.78 is 0. The van der Waals surface area contributed by atoms with E-state index >= 15 is 0 Å². The minimum atomic E-state index is -0.512. The maximum Gasteiger partial charge on any atom is 0.292 e. The van der Waals surface area contributed by atoms with Gasteiger partial charge in [0.15, 0.2) is 0 Å². The first-order valence-electron chi connectivity index (χ1n) is 6.05. The van der Waals surface area contributed by atoms with Crippen molar-refractivity contribution in [1.29, 1.82) is 0 Å². The molecule has 0 radical (unpaired) electrons. The molecular weight excluding hydrogens is 294 g/mol. The highest BCUT2D eigenvalue weighted by molar-refractivity contribution is 6.33. The number of nitrogens with one attached hydrogen (secondary N) is 2. The van der Waals surface area contributed by atoms with Crippen molar-refractivity contribution < 1.29 is 9.72 Å². The summed E-state index contributed by atoms with van der Waals surface area (Å²) in [5, 5.41) is 16.6. The van der Waals surface area contributed by atoms with Crippen molar-refractivity contribution in [1.82, 2.24) is 0 Å². The quantitative estimate of drug-likeness (QED) is 0.668. The Kier molecular flexibility index (Phi) is 4.39. The smallest absolute Gasteiger partial charge is 0.292 e. The number of benzene rings is 2. The van der Waals surface area contributed by atoms with Gasteiger partial charge < -0.3 is 10.6 Å². The Morgan fingerprint density at radius 3 is 2.52 bits per heavy atom. The summed E-state index contributed by atoms with van der Waals surface area (Å²) in [6.45, 7) is 0. The molecule has 108 valence electrons. The van der Waals surface area contributed by atoms with Crippen LogP contribution in [0.5, 0.6) is 0 Å². The minimum absolute atomic E-state index is 0.0909. The summed E-state index contributed by atoms with van der Waals surface area (Å²) in [6.07, 6.45) is 0. The number of amides is 1. The molecule has 0 aliphatic rings. The van der Waals surface area contributed by atoms with Gasteiger partial charge in [-0.2, -0.15) is 0 Å². The highest BCUT2D eigenvalue weighted by Crippen LogP contribution is 2.26. The van der Waals surface area contributed by atoms with E-state index in [2.05, 4.69) is 10.6 Å². The zero-order valence-corrected chi connectivity index (χ0v) is 11.8. The fraction of sp³-hybridized carbons (Fsp3) is 0.0714. The van der Waals surface area contributed by atoms with Gasteiger partial charge in [-0.05, 0) is 24.3 Å². The van der Waals surface area contributed by atoms with E-state index in [4.69, 9.17) is 11.6 Å². The molecule has 0 atom stereocenters. The molecule has 0 aliphatic carbocycles. The third kappa shape index (κ3) is 3.29. The van der Waals surface area contributed by atoms with E-state index in [1.165, 1.54) is 18.2 Å². The summed E-state index contributed by atoms with van der Waals surface area (Å²) in [5.74, 6) is -0.394. The first kappa shape index (κ1) is 14.8. The molecule has 1 amide bonds. The Hall–Kier alpha value is -2.60. The molecule has 7 heteroatoms. The Morgan fingerprint density at radius 2 is 1.90 bits per heavy atom. The van der Waals surface area contributed by atoms with Crippen LogP contribution in [0.4, 0.5) is 17.1 Å². The lowest BCUT2D eigenvalue weighted by Crippen LogP contribution is -2.12. The van der Waals surface area contributed by atoms with Crippen LogP contribution < -0.4 is 10.6 Å². The predicted octanol–water partition coefficient (Wildman–Crippen LogP) is 3.54. The summed E-state index contributed by atoms with van der Waals surface area (Å²) in [4.78, 5) is 22.5. The summed E-state index contributed by atoms with van der Waals surface area (Å²) in [5.41, 5.74) is 0.956. The van der Waals surface area contributed by atoms with Crippen LogP contribution in [0.25, 0.3) is 0 Å². The van der Waals surface area contributed by atoms with E-state index in [9.17, 15) is 14.9 Å². The minimum Gasteiger partial charge on any atom is -0.383 e. The van der Waals surface area contributed by atoms with Crippen LogP contribution in [0.3, 0.4) is 0 Å². The van der Waals surface area contributed by atoms with Crippen molar-refractivity contribution in [3.8, 4) is 0 Å². The highest BCUT2D eigenvalue weighted by Gasteiger charge is 2.16. The van der Waals surface area contributed by atoms with Crippen molar-refractivity contribution in [2.24, 2.45) is 0 Å². The topological polar surface area (TPSA) is 84.3 Å². The number of nitro groups is 1. The van der Waals surface area contributed by atoms with Gasteiger partial charge in [-0.25, -0.2) is 0 Å². The maximum atomic E-state index is 12.1. The molecular formula is C14H12ClN3O3. The Labute approximate surface area is 125 Å². The number of hydrogen-bond acceptors (Lipinski definition) is 4. The van der Waals surface area contributed by atoms with Crippen LogP contribution in [0.2, 0.25) is 5.02 Å². The maximum absolute atomic E-state index is 12.1. The summed E-state index contributed by atoms with van der Waals surface area (Å²) in [6, 6.07) is 10.9. The number of carbonyl (C=O) groups is 1. The lowest BCUT2D eigenvalue weighted by Gasteiger charge is -2.08. The number of nitrogens with zero attached hydrogens (tertiary/aromatic N) is 1. The Bertz CT molecular complexity index is 704. The molecule has 2 N–H and O–H groups in total. The number of hydrogen-bond donors (Lipinski definition) is 2. The van der Waals surface area contributed by atoms with Crippen LogP contribution in [0.15, 0.2) is 42.5 Å². The van der Waals surface area contributed by atoms with Crippen LogP contribution in [-0.4, -0.2) is 17.9 Å². The number of carbonyl (C=O) groups excluding carboxylic acids is 1. The molecule has 0 saturated heterocycles. The van der Waals surface area contributed by atoms with Gasteiger partial charge in [0.2, 0.25) is 0 Å². The van der Waals surface area contributed by atoms with Gasteiger partial charge in [-0.1, -0.05) is 23.7 Å². The van der Waals surface area contributed by atoms with Crippen molar-refractivity contribution in [2.45, 2.75) is 0 Å². The second kappa shape index (κ2) is 6.23. The molecule has 2 aromatic carbocycles. The van der Waals surface area contributed by atoms with Crippen LogP contribution in [0, 0.1) is 10.1 Å². The van der Waals surface area contributed by atoms with E-state index in [-0.39, 0.29) is 11.4 Å². The summed E-state index contributed by atoms with van der Waals surface area (Å²) in [7, 11) is 1.55. The van der Waals surface area contributed by atoms with Gasteiger partial charge in [0, 0.05) is 18.7 Å². The fourth-order valence-electron chi connectivity index (χ4n) is 1.79.